The Hall–Kier alpha value is -1.25. The van der Waals surface area contributed by atoms with Crippen molar-refractivity contribution in [1.29, 1.82) is 0 Å². The molecule has 1 atom stereocenters. The molecule has 3 rings (SSSR count). The SMILES string of the molecule is CN=C(NCc1cc(C)oc1C)NC1CCN(C(=O)C2CCCC2)C1.I. The third kappa shape index (κ3) is 5.14. The van der Waals surface area contributed by atoms with Crippen molar-refractivity contribution in [3.05, 3.63) is 23.2 Å². The van der Waals surface area contributed by atoms with Crippen LogP contribution in [0.5, 0.6) is 0 Å². The van der Waals surface area contributed by atoms with Crippen LogP contribution in [-0.2, 0) is 11.3 Å². The molecule has 1 saturated heterocycles. The average Bonchev–Trinajstić information content (AvgIpc) is 3.32. The third-order valence-electron chi connectivity index (χ3n) is 5.36. The van der Waals surface area contributed by atoms with Gasteiger partial charge in [-0.2, -0.15) is 0 Å². The second-order valence-corrected chi connectivity index (χ2v) is 7.26. The van der Waals surface area contributed by atoms with E-state index in [4.69, 9.17) is 4.42 Å². The number of guanidine groups is 1. The molecule has 2 aliphatic rings. The lowest BCUT2D eigenvalue weighted by Crippen LogP contribution is -2.45. The van der Waals surface area contributed by atoms with E-state index in [9.17, 15) is 4.79 Å². The number of hydrogen-bond donors (Lipinski definition) is 2. The van der Waals surface area contributed by atoms with Gasteiger partial charge < -0.3 is 20.0 Å². The number of halogens is 1. The number of likely N-dealkylation sites (tertiary alicyclic amines) is 1. The zero-order chi connectivity index (χ0) is 17.8. The predicted molar refractivity (Wildman–Crippen MR) is 114 cm³/mol. The molecular formula is C19H31IN4O2. The molecule has 1 unspecified atom stereocenters. The minimum Gasteiger partial charge on any atom is -0.466 e. The van der Waals surface area contributed by atoms with Crippen LogP contribution in [0.3, 0.4) is 0 Å². The highest BCUT2D eigenvalue weighted by molar-refractivity contribution is 14.0. The zero-order valence-corrected chi connectivity index (χ0v) is 18.3. The first-order valence-electron chi connectivity index (χ1n) is 9.38. The topological polar surface area (TPSA) is 69.9 Å². The van der Waals surface area contributed by atoms with Crippen molar-refractivity contribution in [2.75, 3.05) is 20.1 Å². The van der Waals surface area contributed by atoms with E-state index in [1.165, 1.54) is 12.8 Å². The predicted octanol–water partition coefficient (Wildman–Crippen LogP) is 2.97. The summed E-state index contributed by atoms with van der Waals surface area (Å²) >= 11 is 0. The first kappa shape index (κ1) is 21.1. The maximum absolute atomic E-state index is 12.5. The fourth-order valence-electron chi connectivity index (χ4n) is 3.94. The molecule has 1 amide bonds. The van der Waals surface area contributed by atoms with Crippen LogP contribution >= 0.6 is 24.0 Å². The molecule has 0 radical (unpaired) electrons. The van der Waals surface area contributed by atoms with Crippen LogP contribution in [0.25, 0.3) is 0 Å². The van der Waals surface area contributed by atoms with E-state index in [1.807, 2.05) is 24.8 Å². The standard InChI is InChI=1S/C19H30N4O2.HI/c1-13-10-16(14(2)25-13)11-21-19(20-3)22-17-8-9-23(12-17)18(24)15-6-4-5-7-15;/h10,15,17H,4-9,11-12H2,1-3H3,(H2,20,21,22);1H. The normalized spacial score (nSPS) is 21.0. The highest BCUT2D eigenvalue weighted by Gasteiger charge is 2.32. The number of aliphatic imine (C=N–C) groups is 1. The Morgan fingerprint density at radius 3 is 2.65 bits per heavy atom. The first-order valence-corrected chi connectivity index (χ1v) is 9.38. The van der Waals surface area contributed by atoms with Crippen molar-refractivity contribution in [1.82, 2.24) is 15.5 Å². The second kappa shape index (κ2) is 9.62. The van der Waals surface area contributed by atoms with Gasteiger partial charge in [0.05, 0.1) is 0 Å². The highest BCUT2D eigenvalue weighted by Crippen LogP contribution is 2.27. The van der Waals surface area contributed by atoms with Crippen molar-refractivity contribution >= 4 is 35.8 Å². The van der Waals surface area contributed by atoms with E-state index < -0.39 is 0 Å². The van der Waals surface area contributed by atoms with Crippen molar-refractivity contribution in [3.63, 3.8) is 0 Å². The van der Waals surface area contributed by atoms with Gasteiger partial charge in [-0.1, -0.05) is 12.8 Å². The maximum Gasteiger partial charge on any atom is 0.225 e. The number of amides is 1. The molecule has 2 heterocycles. The van der Waals surface area contributed by atoms with Crippen molar-refractivity contribution < 1.29 is 9.21 Å². The number of hydrogen-bond acceptors (Lipinski definition) is 3. The van der Waals surface area contributed by atoms with E-state index in [2.05, 4.69) is 15.6 Å². The molecule has 0 bridgehead atoms. The van der Waals surface area contributed by atoms with Gasteiger partial charge in [-0.25, -0.2) is 0 Å². The van der Waals surface area contributed by atoms with E-state index in [0.29, 0.717) is 12.5 Å². The van der Waals surface area contributed by atoms with Gasteiger partial charge in [0, 0.05) is 44.2 Å². The molecule has 7 heteroatoms. The van der Waals surface area contributed by atoms with Crippen LogP contribution in [0.15, 0.2) is 15.5 Å². The maximum atomic E-state index is 12.5. The quantitative estimate of drug-likeness (QED) is 0.400. The molecule has 2 fully saturated rings. The summed E-state index contributed by atoms with van der Waals surface area (Å²) in [7, 11) is 1.78. The lowest BCUT2D eigenvalue weighted by atomic mass is 10.1. The Morgan fingerprint density at radius 1 is 1.31 bits per heavy atom. The second-order valence-electron chi connectivity index (χ2n) is 7.26. The van der Waals surface area contributed by atoms with Gasteiger partial charge in [-0.3, -0.25) is 9.79 Å². The zero-order valence-electron chi connectivity index (χ0n) is 16.0. The van der Waals surface area contributed by atoms with Crippen molar-refractivity contribution in [3.8, 4) is 0 Å². The fraction of sp³-hybridized carbons (Fsp3) is 0.684. The van der Waals surface area contributed by atoms with Gasteiger partial charge in [0.2, 0.25) is 5.91 Å². The number of aryl methyl sites for hydroxylation is 2. The first-order chi connectivity index (χ1) is 12.1. The molecule has 1 aliphatic carbocycles. The Bertz CT molecular complexity index is 637. The molecule has 1 aromatic heterocycles. The average molecular weight is 474 g/mol. The number of nitrogens with zero attached hydrogens (tertiary/aromatic N) is 2. The van der Waals surface area contributed by atoms with Gasteiger partial charge >= 0.3 is 0 Å². The number of nitrogens with one attached hydrogen (secondary N) is 2. The summed E-state index contributed by atoms with van der Waals surface area (Å²) in [5.41, 5.74) is 1.14. The Labute approximate surface area is 173 Å². The summed E-state index contributed by atoms with van der Waals surface area (Å²) in [6.07, 6.45) is 5.52. The Balaban J connectivity index is 0.00000243. The lowest BCUT2D eigenvalue weighted by molar-refractivity contribution is -0.134. The van der Waals surface area contributed by atoms with Gasteiger partial charge in [-0.15, -0.1) is 24.0 Å². The van der Waals surface area contributed by atoms with Crippen LogP contribution in [0.1, 0.15) is 49.2 Å². The number of furan rings is 1. The monoisotopic (exact) mass is 474 g/mol. The largest absolute Gasteiger partial charge is 0.466 e. The highest BCUT2D eigenvalue weighted by atomic mass is 127. The fourth-order valence-corrected chi connectivity index (χ4v) is 3.94. The molecule has 26 heavy (non-hydrogen) atoms. The Morgan fingerprint density at radius 2 is 2.04 bits per heavy atom. The van der Waals surface area contributed by atoms with Crippen molar-refractivity contribution in [2.45, 2.75) is 58.5 Å². The van der Waals surface area contributed by atoms with E-state index >= 15 is 0 Å². The summed E-state index contributed by atoms with van der Waals surface area (Å²) in [4.78, 5) is 18.9. The number of carbonyl (C=O) groups is 1. The Kier molecular flexibility index (Phi) is 7.79. The van der Waals surface area contributed by atoms with E-state index in [-0.39, 0.29) is 35.9 Å². The smallest absolute Gasteiger partial charge is 0.225 e. The van der Waals surface area contributed by atoms with Gasteiger partial charge in [0.15, 0.2) is 5.96 Å². The minimum atomic E-state index is 0. The van der Waals surface area contributed by atoms with Crippen LogP contribution in [-0.4, -0.2) is 42.9 Å². The summed E-state index contributed by atoms with van der Waals surface area (Å²) in [6.45, 7) is 6.24. The number of carbonyl (C=O) groups excluding carboxylic acids is 1. The van der Waals surface area contributed by atoms with Crippen LogP contribution in [0.2, 0.25) is 0 Å². The summed E-state index contributed by atoms with van der Waals surface area (Å²) in [5, 5.41) is 6.79. The molecule has 0 spiro atoms. The molecule has 0 aromatic carbocycles. The lowest BCUT2D eigenvalue weighted by Gasteiger charge is -2.21. The molecule has 1 aromatic rings. The van der Waals surface area contributed by atoms with Gasteiger partial charge in [-0.05, 0) is 39.2 Å². The van der Waals surface area contributed by atoms with Gasteiger partial charge in [0.25, 0.3) is 0 Å². The van der Waals surface area contributed by atoms with E-state index in [1.54, 1.807) is 7.05 Å². The molecule has 6 nitrogen and oxygen atoms in total. The van der Waals surface area contributed by atoms with Crippen LogP contribution in [0.4, 0.5) is 0 Å². The molecular weight excluding hydrogens is 443 g/mol. The van der Waals surface area contributed by atoms with Crippen molar-refractivity contribution in [2.24, 2.45) is 10.9 Å². The summed E-state index contributed by atoms with van der Waals surface area (Å²) in [6, 6.07) is 2.32. The molecule has 146 valence electrons. The summed E-state index contributed by atoms with van der Waals surface area (Å²) < 4.78 is 5.56. The van der Waals surface area contributed by atoms with E-state index in [0.717, 1.165) is 55.4 Å². The summed E-state index contributed by atoms with van der Waals surface area (Å²) in [5.74, 6) is 3.26. The van der Waals surface area contributed by atoms with Crippen LogP contribution in [0, 0.1) is 19.8 Å². The van der Waals surface area contributed by atoms with Gasteiger partial charge in [0.1, 0.15) is 11.5 Å². The number of rotatable bonds is 4. The molecule has 1 saturated carbocycles. The van der Waals surface area contributed by atoms with Crippen LogP contribution < -0.4 is 10.6 Å². The third-order valence-corrected chi connectivity index (χ3v) is 5.36. The molecule has 1 aliphatic heterocycles. The molecule has 2 N–H and O–H groups in total. The minimum absolute atomic E-state index is 0.